The van der Waals surface area contributed by atoms with E-state index in [4.69, 9.17) is 5.73 Å². The molecule has 2 atom stereocenters. The largest absolute Gasteiger partial charge is 0.333 e. The molecule has 1 aliphatic heterocycles. The zero-order valence-electron chi connectivity index (χ0n) is 11.0. The van der Waals surface area contributed by atoms with Crippen molar-refractivity contribution in [2.24, 2.45) is 11.7 Å². The zero-order chi connectivity index (χ0) is 12.3. The highest BCUT2D eigenvalue weighted by atomic mass is 15.2. The summed E-state index contributed by atoms with van der Waals surface area (Å²) in [4.78, 5) is 6.79. The van der Waals surface area contributed by atoms with Crippen LogP contribution in [0.1, 0.15) is 38.4 Å². The second kappa shape index (κ2) is 5.65. The maximum Gasteiger partial charge on any atom is 0.0948 e. The first kappa shape index (κ1) is 12.6. The predicted octanol–water partition coefficient (Wildman–Crippen LogP) is 1.63. The molecule has 1 aromatic heterocycles. The van der Waals surface area contributed by atoms with E-state index in [1.165, 1.54) is 25.2 Å². The molecule has 1 saturated heterocycles. The van der Waals surface area contributed by atoms with Crippen molar-refractivity contribution in [2.45, 2.75) is 39.3 Å². The molecule has 0 radical (unpaired) electrons. The fourth-order valence-electron chi connectivity index (χ4n) is 2.75. The van der Waals surface area contributed by atoms with E-state index in [9.17, 15) is 0 Å². The summed E-state index contributed by atoms with van der Waals surface area (Å²) in [5, 5.41) is 0. The van der Waals surface area contributed by atoms with E-state index in [2.05, 4.69) is 28.3 Å². The molecule has 4 heteroatoms. The lowest BCUT2D eigenvalue weighted by Gasteiger charge is -2.27. The minimum Gasteiger partial charge on any atom is -0.333 e. The SMILES string of the molecule is CCCn1cncc1C(CN)N1CCC(C)C1. The number of hydrogen-bond acceptors (Lipinski definition) is 3. The van der Waals surface area contributed by atoms with Crippen LogP contribution in [0.25, 0.3) is 0 Å². The summed E-state index contributed by atoms with van der Waals surface area (Å²) >= 11 is 0. The Hall–Kier alpha value is -0.870. The number of nitrogens with two attached hydrogens (primary N) is 1. The van der Waals surface area contributed by atoms with Crippen molar-refractivity contribution in [1.29, 1.82) is 0 Å². The monoisotopic (exact) mass is 236 g/mol. The molecule has 96 valence electrons. The van der Waals surface area contributed by atoms with Crippen LogP contribution in [0, 0.1) is 5.92 Å². The van der Waals surface area contributed by atoms with Crippen molar-refractivity contribution < 1.29 is 0 Å². The second-order valence-electron chi connectivity index (χ2n) is 5.15. The van der Waals surface area contributed by atoms with Gasteiger partial charge in [0.15, 0.2) is 0 Å². The molecule has 2 unspecified atom stereocenters. The number of aryl methyl sites for hydroxylation is 1. The fourth-order valence-corrected chi connectivity index (χ4v) is 2.75. The molecule has 1 aliphatic rings. The lowest BCUT2D eigenvalue weighted by Crippen LogP contribution is -2.33. The number of aromatic nitrogens is 2. The Labute approximate surface area is 104 Å². The summed E-state index contributed by atoms with van der Waals surface area (Å²) in [6.07, 6.45) is 6.34. The summed E-state index contributed by atoms with van der Waals surface area (Å²) in [7, 11) is 0. The normalized spacial score (nSPS) is 23.1. The Kier molecular flexibility index (Phi) is 4.18. The van der Waals surface area contributed by atoms with E-state index >= 15 is 0 Å². The Morgan fingerprint density at radius 1 is 1.59 bits per heavy atom. The molecule has 2 rings (SSSR count). The van der Waals surface area contributed by atoms with Crippen molar-refractivity contribution in [3.8, 4) is 0 Å². The summed E-state index contributed by atoms with van der Waals surface area (Å²) in [5.74, 6) is 0.798. The second-order valence-corrected chi connectivity index (χ2v) is 5.15. The van der Waals surface area contributed by atoms with Crippen LogP contribution in [-0.2, 0) is 6.54 Å². The third-order valence-electron chi connectivity index (χ3n) is 3.67. The highest BCUT2D eigenvalue weighted by Gasteiger charge is 2.27. The molecule has 0 spiro atoms. The average molecular weight is 236 g/mol. The van der Waals surface area contributed by atoms with E-state index in [0.717, 1.165) is 18.9 Å². The van der Waals surface area contributed by atoms with Crippen LogP contribution in [-0.4, -0.2) is 34.1 Å². The number of hydrogen-bond donors (Lipinski definition) is 1. The van der Waals surface area contributed by atoms with Crippen molar-refractivity contribution in [2.75, 3.05) is 19.6 Å². The summed E-state index contributed by atoms with van der Waals surface area (Å²) in [6, 6.07) is 0.342. The van der Waals surface area contributed by atoms with Crippen LogP contribution < -0.4 is 5.73 Å². The molecular formula is C13H24N4. The molecule has 0 aliphatic carbocycles. The minimum atomic E-state index is 0.342. The smallest absolute Gasteiger partial charge is 0.0948 e. The predicted molar refractivity (Wildman–Crippen MR) is 69.7 cm³/mol. The van der Waals surface area contributed by atoms with Gasteiger partial charge >= 0.3 is 0 Å². The first-order chi connectivity index (χ1) is 8.26. The average Bonchev–Trinajstić information content (AvgIpc) is 2.91. The van der Waals surface area contributed by atoms with Gasteiger partial charge in [-0.25, -0.2) is 4.98 Å². The highest BCUT2D eigenvalue weighted by molar-refractivity contribution is 5.07. The van der Waals surface area contributed by atoms with Gasteiger partial charge in [0, 0.05) is 25.8 Å². The van der Waals surface area contributed by atoms with Crippen molar-refractivity contribution in [3.63, 3.8) is 0 Å². The zero-order valence-corrected chi connectivity index (χ0v) is 11.0. The Morgan fingerprint density at radius 2 is 2.41 bits per heavy atom. The van der Waals surface area contributed by atoms with Crippen molar-refractivity contribution in [3.05, 3.63) is 18.2 Å². The van der Waals surface area contributed by atoms with Gasteiger partial charge in [0.1, 0.15) is 0 Å². The van der Waals surface area contributed by atoms with Gasteiger partial charge in [-0.1, -0.05) is 13.8 Å². The van der Waals surface area contributed by atoms with Gasteiger partial charge in [-0.2, -0.15) is 0 Å². The number of imidazole rings is 1. The molecular weight excluding hydrogens is 212 g/mol. The third-order valence-corrected chi connectivity index (χ3v) is 3.67. The van der Waals surface area contributed by atoms with E-state index in [1.807, 2.05) is 12.5 Å². The van der Waals surface area contributed by atoms with Crippen molar-refractivity contribution >= 4 is 0 Å². The highest BCUT2D eigenvalue weighted by Crippen LogP contribution is 2.26. The van der Waals surface area contributed by atoms with Crippen LogP contribution in [0.5, 0.6) is 0 Å². The Balaban J connectivity index is 2.14. The lowest BCUT2D eigenvalue weighted by atomic mass is 10.1. The summed E-state index contributed by atoms with van der Waals surface area (Å²) in [6.45, 7) is 8.56. The molecule has 0 amide bonds. The van der Waals surface area contributed by atoms with Crippen LogP contribution in [0.4, 0.5) is 0 Å². The van der Waals surface area contributed by atoms with Crippen LogP contribution >= 0.6 is 0 Å². The van der Waals surface area contributed by atoms with Gasteiger partial charge < -0.3 is 10.3 Å². The molecule has 1 fully saturated rings. The number of nitrogens with zero attached hydrogens (tertiary/aromatic N) is 3. The topological polar surface area (TPSA) is 47.1 Å². The van der Waals surface area contributed by atoms with Gasteiger partial charge in [0.05, 0.1) is 18.1 Å². The van der Waals surface area contributed by atoms with Crippen molar-refractivity contribution in [1.82, 2.24) is 14.5 Å². The fraction of sp³-hybridized carbons (Fsp3) is 0.769. The summed E-state index contributed by atoms with van der Waals surface area (Å²) in [5.41, 5.74) is 7.25. The van der Waals surface area contributed by atoms with Crippen LogP contribution in [0.2, 0.25) is 0 Å². The molecule has 17 heavy (non-hydrogen) atoms. The Morgan fingerprint density at radius 3 is 3.00 bits per heavy atom. The van der Waals surface area contributed by atoms with E-state index < -0.39 is 0 Å². The number of rotatable bonds is 5. The Bertz CT molecular complexity index is 347. The van der Waals surface area contributed by atoms with Crippen LogP contribution in [0.3, 0.4) is 0 Å². The third kappa shape index (κ3) is 2.69. The quantitative estimate of drug-likeness (QED) is 0.845. The van der Waals surface area contributed by atoms with Gasteiger partial charge in [-0.05, 0) is 25.3 Å². The first-order valence-electron chi connectivity index (χ1n) is 6.70. The van der Waals surface area contributed by atoms with Crippen LogP contribution in [0.15, 0.2) is 12.5 Å². The lowest BCUT2D eigenvalue weighted by molar-refractivity contribution is 0.234. The molecule has 4 nitrogen and oxygen atoms in total. The standard InChI is InChI=1S/C13H24N4/c1-3-5-17-10-15-8-13(17)12(7-14)16-6-4-11(2)9-16/h8,10-12H,3-7,9,14H2,1-2H3. The number of likely N-dealkylation sites (tertiary alicyclic amines) is 1. The van der Waals surface area contributed by atoms with E-state index in [-0.39, 0.29) is 0 Å². The molecule has 0 aromatic carbocycles. The van der Waals surface area contributed by atoms with Gasteiger partial charge in [-0.15, -0.1) is 0 Å². The molecule has 1 aromatic rings. The van der Waals surface area contributed by atoms with Gasteiger partial charge in [-0.3, -0.25) is 4.90 Å². The molecule has 2 N–H and O–H groups in total. The van der Waals surface area contributed by atoms with E-state index in [0.29, 0.717) is 12.6 Å². The summed E-state index contributed by atoms with van der Waals surface area (Å²) < 4.78 is 2.25. The first-order valence-corrected chi connectivity index (χ1v) is 6.70. The van der Waals surface area contributed by atoms with E-state index in [1.54, 1.807) is 0 Å². The maximum atomic E-state index is 5.97. The van der Waals surface area contributed by atoms with Gasteiger partial charge in [0.2, 0.25) is 0 Å². The molecule has 0 bridgehead atoms. The maximum absolute atomic E-state index is 5.97. The molecule has 0 saturated carbocycles. The van der Waals surface area contributed by atoms with Gasteiger partial charge in [0.25, 0.3) is 0 Å². The minimum absolute atomic E-state index is 0.342. The molecule has 2 heterocycles.